The molecule has 0 aromatic heterocycles. The van der Waals surface area contributed by atoms with Crippen molar-refractivity contribution >= 4 is 17.5 Å². The minimum absolute atomic E-state index is 0.0735. The Labute approximate surface area is 138 Å². The van der Waals surface area contributed by atoms with E-state index in [1.165, 1.54) is 0 Å². The zero-order valence-corrected chi connectivity index (χ0v) is 14.4. The van der Waals surface area contributed by atoms with Crippen LogP contribution in [0.1, 0.15) is 37.6 Å². The van der Waals surface area contributed by atoms with Crippen molar-refractivity contribution in [2.45, 2.75) is 32.7 Å². The normalized spacial score (nSPS) is 11.0. The highest BCUT2D eigenvalue weighted by atomic mass is 16.5. The Bertz CT molecular complexity index is 507. The Kier molecular flexibility index (Phi) is 7.54. The molecule has 0 fully saturated rings. The third-order valence-electron chi connectivity index (χ3n) is 2.94. The second-order valence-electron chi connectivity index (χ2n) is 6.33. The summed E-state index contributed by atoms with van der Waals surface area (Å²) in [6.07, 6.45) is 0.791. The van der Waals surface area contributed by atoms with Crippen LogP contribution in [0.4, 0.5) is 5.69 Å². The second-order valence-corrected chi connectivity index (χ2v) is 6.33. The molecule has 1 rings (SSSR count). The van der Waals surface area contributed by atoms with Crippen molar-refractivity contribution in [3.63, 3.8) is 0 Å². The lowest BCUT2D eigenvalue weighted by Crippen LogP contribution is -2.40. The Morgan fingerprint density at radius 1 is 1.13 bits per heavy atom. The zero-order chi connectivity index (χ0) is 17.3. The van der Waals surface area contributed by atoms with Crippen molar-refractivity contribution in [1.29, 1.82) is 0 Å². The summed E-state index contributed by atoms with van der Waals surface area (Å²) in [6.45, 7) is 7.23. The zero-order valence-electron chi connectivity index (χ0n) is 14.4. The summed E-state index contributed by atoms with van der Waals surface area (Å²) < 4.78 is 4.91. The Morgan fingerprint density at radius 3 is 2.35 bits per heavy atom. The molecule has 23 heavy (non-hydrogen) atoms. The second kappa shape index (κ2) is 9.15. The van der Waals surface area contributed by atoms with Crippen LogP contribution in [0.3, 0.4) is 0 Å². The smallest absolute Gasteiger partial charge is 0.251 e. The van der Waals surface area contributed by atoms with E-state index in [4.69, 9.17) is 4.74 Å². The van der Waals surface area contributed by atoms with Gasteiger partial charge in [-0.3, -0.25) is 9.59 Å². The van der Waals surface area contributed by atoms with Gasteiger partial charge >= 0.3 is 0 Å². The lowest BCUT2D eigenvalue weighted by atomic mass is 10.1. The molecule has 0 bridgehead atoms. The van der Waals surface area contributed by atoms with E-state index in [2.05, 4.69) is 16.0 Å². The molecule has 0 radical (unpaired) electrons. The van der Waals surface area contributed by atoms with Crippen LogP contribution < -0.4 is 16.0 Å². The van der Waals surface area contributed by atoms with Gasteiger partial charge in [0.1, 0.15) is 0 Å². The maximum Gasteiger partial charge on any atom is 0.251 e. The van der Waals surface area contributed by atoms with Crippen LogP contribution in [0.2, 0.25) is 0 Å². The molecule has 0 saturated carbocycles. The standard InChI is InChI=1S/C17H27N3O3/c1-17(2,3)20-16(22)13-6-8-14(9-7-13)19-12-15(21)18-10-5-11-23-4/h6-9,19H,5,10-12H2,1-4H3,(H,18,21)(H,20,22). The number of hydrogen-bond acceptors (Lipinski definition) is 4. The highest BCUT2D eigenvalue weighted by Gasteiger charge is 2.14. The van der Waals surface area contributed by atoms with E-state index >= 15 is 0 Å². The number of amides is 2. The van der Waals surface area contributed by atoms with Crippen molar-refractivity contribution in [2.75, 3.05) is 32.1 Å². The van der Waals surface area contributed by atoms with E-state index in [9.17, 15) is 9.59 Å². The van der Waals surface area contributed by atoms with Gasteiger partial charge in [0, 0.05) is 37.1 Å². The lowest BCUT2D eigenvalue weighted by Gasteiger charge is -2.20. The summed E-state index contributed by atoms with van der Waals surface area (Å²) in [5, 5.41) is 8.73. The Balaban J connectivity index is 2.39. The molecule has 1 aromatic carbocycles. The maximum atomic E-state index is 12.0. The number of methoxy groups -OCH3 is 1. The first-order chi connectivity index (χ1) is 10.8. The molecule has 1 aromatic rings. The molecule has 2 amide bonds. The molecule has 6 heteroatoms. The topological polar surface area (TPSA) is 79.5 Å². The molecule has 0 atom stereocenters. The van der Waals surface area contributed by atoms with Crippen molar-refractivity contribution in [3.05, 3.63) is 29.8 Å². The molecule has 0 aliphatic carbocycles. The van der Waals surface area contributed by atoms with Crippen LogP contribution in [0.25, 0.3) is 0 Å². The first-order valence-electron chi connectivity index (χ1n) is 7.74. The number of nitrogens with one attached hydrogen (secondary N) is 3. The van der Waals surface area contributed by atoms with Crippen LogP contribution in [-0.4, -0.2) is 44.2 Å². The summed E-state index contributed by atoms with van der Waals surface area (Å²) in [4.78, 5) is 23.6. The van der Waals surface area contributed by atoms with Gasteiger partial charge in [0.2, 0.25) is 5.91 Å². The maximum absolute atomic E-state index is 12.0. The predicted molar refractivity (Wildman–Crippen MR) is 91.7 cm³/mol. The van der Waals surface area contributed by atoms with Crippen molar-refractivity contribution in [2.24, 2.45) is 0 Å². The van der Waals surface area contributed by atoms with Gasteiger partial charge in [-0.25, -0.2) is 0 Å². The molecule has 6 nitrogen and oxygen atoms in total. The molecule has 0 spiro atoms. The quantitative estimate of drug-likeness (QED) is 0.638. The SMILES string of the molecule is COCCCNC(=O)CNc1ccc(C(=O)NC(C)(C)C)cc1. The van der Waals surface area contributed by atoms with Crippen LogP contribution >= 0.6 is 0 Å². The van der Waals surface area contributed by atoms with Gasteiger partial charge in [-0.15, -0.1) is 0 Å². The molecule has 0 heterocycles. The fourth-order valence-electron chi connectivity index (χ4n) is 1.84. The number of rotatable bonds is 8. The van der Waals surface area contributed by atoms with E-state index in [1.54, 1.807) is 31.4 Å². The van der Waals surface area contributed by atoms with E-state index in [0.717, 1.165) is 12.1 Å². The van der Waals surface area contributed by atoms with Crippen molar-refractivity contribution < 1.29 is 14.3 Å². The van der Waals surface area contributed by atoms with Gasteiger partial charge in [0.15, 0.2) is 0 Å². The molecule has 128 valence electrons. The third-order valence-corrected chi connectivity index (χ3v) is 2.94. The third kappa shape index (κ3) is 8.21. The first kappa shape index (κ1) is 19.0. The van der Waals surface area contributed by atoms with Gasteiger partial charge in [-0.1, -0.05) is 0 Å². The fourth-order valence-corrected chi connectivity index (χ4v) is 1.84. The summed E-state index contributed by atoms with van der Waals surface area (Å²) in [5.74, 6) is -0.185. The average Bonchev–Trinajstić information content (AvgIpc) is 2.48. The Morgan fingerprint density at radius 2 is 1.78 bits per heavy atom. The first-order valence-corrected chi connectivity index (χ1v) is 7.74. The summed E-state index contributed by atoms with van der Waals surface area (Å²) >= 11 is 0. The summed E-state index contributed by atoms with van der Waals surface area (Å²) in [5.41, 5.74) is 1.12. The summed E-state index contributed by atoms with van der Waals surface area (Å²) in [6, 6.07) is 7.05. The minimum Gasteiger partial charge on any atom is -0.385 e. The highest BCUT2D eigenvalue weighted by Crippen LogP contribution is 2.10. The largest absolute Gasteiger partial charge is 0.385 e. The molecular formula is C17H27N3O3. The fraction of sp³-hybridized carbons (Fsp3) is 0.529. The van der Waals surface area contributed by atoms with E-state index in [0.29, 0.717) is 18.7 Å². The van der Waals surface area contributed by atoms with Crippen molar-refractivity contribution in [3.8, 4) is 0 Å². The molecular weight excluding hydrogens is 294 g/mol. The van der Waals surface area contributed by atoms with Crippen LogP contribution in [0, 0.1) is 0 Å². The molecule has 3 N–H and O–H groups in total. The van der Waals surface area contributed by atoms with Gasteiger partial charge in [0.05, 0.1) is 6.54 Å². The number of carbonyl (C=O) groups is 2. The number of benzene rings is 1. The number of ether oxygens (including phenoxy) is 1. The molecule has 0 aliphatic rings. The number of carbonyl (C=O) groups excluding carboxylic acids is 2. The molecule has 0 aliphatic heterocycles. The molecule has 0 saturated heterocycles. The molecule has 0 unspecified atom stereocenters. The van der Waals surface area contributed by atoms with Crippen LogP contribution in [0.15, 0.2) is 24.3 Å². The lowest BCUT2D eigenvalue weighted by molar-refractivity contribution is -0.119. The summed E-state index contributed by atoms with van der Waals surface area (Å²) in [7, 11) is 1.63. The van der Waals surface area contributed by atoms with E-state index in [-0.39, 0.29) is 23.9 Å². The van der Waals surface area contributed by atoms with Crippen LogP contribution in [-0.2, 0) is 9.53 Å². The Hall–Kier alpha value is -2.08. The van der Waals surface area contributed by atoms with Gasteiger partial charge in [-0.05, 0) is 51.5 Å². The van der Waals surface area contributed by atoms with Crippen molar-refractivity contribution in [1.82, 2.24) is 10.6 Å². The monoisotopic (exact) mass is 321 g/mol. The minimum atomic E-state index is -0.269. The van der Waals surface area contributed by atoms with Gasteiger partial charge in [-0.2, -0.15) is 0 Å². The number of hydrogen-bond donors (Lipinski definition) is 3. The van der Waals surface area contributed by atoms with E-state index < -0.39 is 0 Å². The number of anilines is 1. The highest BCUT2D eigenvalue weighted by molar-refractivity contribution is 5.95. The predicted octanol–water partition coefficient (Wildman–Crippen LogP) is 1.78. The van der Waals surface area contributed by atoms with E-state index in [1.807, 2.05) is 20.8 Å². The van der Waals surface area contributed by atoms with Crippen LogP contribution in [0.5, 0.6) is 0 Å². The average molecular weight is 321 g/mol. The van der Waals surface area contributed by atoms with Gasteiger partial charge in [0.25, 0.3) is 5.91 Å². The van der Waals surface area contributed by atoms with Gasteiger partial charge < -0.3 is 20.7 Å².